The molecule has 2 aromatic rings. The van der Waals surface area contributed by atoms with Gasteiger partial charge in [-0.2, -0.15) is 0 Å². The van der Waals surface area contributed by atoms with Gasteiger partial charge in [0.05, 0.1) is 5.41 Å². The number of carbonyl (C=O) groups excluding carboxylic acids is 1. The maximum atomic E-state index is 13.5. The van der Waals surface area contributed by atoms with Gasteiger partial charge in [0.2, 0.25) is 5.92 Å². The topological polar surface area (TPSA) is 66.8 Å². The van der Waals surface area contributed by atoms with Crippen LogP contribution in [-0.2, 0) is 9.53 Å². The fourth-order valence-electron chi connectivity index (χ4n) is 5.79. The maximum Gasteiger partial charge on any atom is 0.409 e. The molecule has 0 unspecified atom stereocenters. The molecule has 168 valence electrons. The van der Waals surface area contributed by atoms with Gasteiger partial charge in [0.25, 0.3) is 0 Å². The number of aliphatic carboxylic acids is 1. The third-order valence-electron chi connectivity index (χ3n) is 7.44. The number of carbonyl (C=O) groups is 2. The molecule has 7 heteroatoms. The molecule has 1 N–H and O–H groups in total. The fourth-order valence-corrected chi connectivity index (χ4v) is 5.79. The summed E-state index contributed by atoms with van der Waals surface area (Å²) in [6, 6.07) is 16.2. The van der Waals surface area contributed by atoms with Gasteiger partial charge >= 0.3 is 12.1 Å². The zero-order valence-electron chi connectivity index (χ0n) is 17.6. The maximum absolute atomic E-state index is 13.5. The van der Waals surface area contributed by atoms with Crippen LogP contribution in [-0.4, -0.2) is 47.7 Å². The summed E-state index contributed by atoms with van der Waals surface area (Å²) >= 11 is 0. The number of carboxylic acid groups (broad SMARTS) is 1. The highest BCUT2D eigenvalue weighted by atomic mass is 19.3. The monoisotopic (exact) mass is 441 g/mol. The summed E-state index contributed by atoms with van der Waals surface area (Å²) in [5.41, 5.74) is 3.21. The van der Waals surface area contributed by atoms with E-state index in [1.165, 1.54) is 0 Å². The molecule has 0 spiro atoms. The number of halogens is 2. The van der Waals surface area contributed by atoms with Crippen molar-refractivity contribution in [3.63, 3.8) is 0 Å². The van der Waals surface area contributed by atoms with E-state index in [2.05, 4.69) is 24.3 Å². The molecule has 5 nitrogen and oxygen atoms in total. The third-order valence-corrected chi connectivity index (χ3v) is 7.44. The minimum absolute atomic E-state index is 0.0311. The average molecular weight is 441 g/mol. The predicted molar refractivity (Wildman–Crippen MR) is 114 cm³/mol. The molecule has 1 heterocycles. The third kappa shape index (κ3) is 3.34. The lowest BCUT2D eigenvalue weighted by molar-refractivity contribution is -0.210. The largest absolute Gasteiger partial charge is 0.481 e. The first kappa shape index (κ1) is 20.9. The number of hydrogen-bond donors (Lipinski definition) is 1. The highest BCUT2D eigenvalue weighted by Crippen LogP contribution is 2.58. The van der Waals surface area contributed by atoms with Crippen LogP contribution in [0.4, 0.5) is 13.6 Å². The number of nitrogens with zero attached hydrogens (tertiary/aromatic N) is 1. The summed E-state index contributed by atoms with van der Waals surface area (Å²) in [5.74, 6) is -4.43. The number of benzene rings is 2. The van der Waals surface area contributed by atoms with Crippen molar-refractivity contribution in [2.75, 3.05) is 19.7 Å². The molecule has 1 saturated heterocycles. The molecule has 5 rings (SSSR count). The van der Waals surface area contributed by atoms with Crippen LogP contribution in [0.15, 0.2) is 48.5 Å². The Morgan fingerprint density at radius 3 is 2.00 bits per heavy atom. The first-order valence-electron chi connectivity index (χ1n) is 11.0. The molecule has 1 aliphatic heterocycles. The van der Waals surface area contributed by atoms with Crippen molar-refractivity contribution in [1.29, 1.82) is 0 Å². The Morgan fingerprint density at radius 1 is 0.969 bits per heavy atom. The van der Waals surface area contributed by atoms with Gasteiger partial charge in [-0.25, -0.2) is 13.6 Å². The number of amides is 1. The van der Waals surface area contributed by atoms with E-state index in [0.29, 0.717) is 25.9 Å². The second kappa shape index (κ2) is 7.57. The minimum Gasteiger partial charge on any atom is -0.481 e. The Labute approximate surface area is 185 Å². The van der Waals surface area contributed by atoms with Crippen LogP contribution in [0.2, 0.25) is 0 Å². The number of alkyl halides is 2. The molecule has 1 amide bonds. The number of carboxylic acids is 1. The van der Waals surface area contributed by atoms with Crippen LogP contribution in [0.1, 0.15) is 42.7 Å². The first-order valence-corrected chi connectivity index (χ1v) is 11.0. The van der Waals surface area contributed by atoms with Crippen LogP contribution in [0.5, 0.6) is 0 Å². The van der Waals surface area contributed by atoms with Gasteiger partial charge in [-0.1, -0.05) is 48.5 Å². The number of rotatable bonds is 4. The van der Waals surface area contributed by atoms with E-state index >= 15 is 0 Å². The zero-order valence-corrected chi connectivity index (χ0v) is 17.6. The Bertz CT molecular complexity index is 1010. The lowest BCUT2D eigenvalue weighted by atomic mass is 9.57. The van der Waals surface area contributed by atoms with Gasteiger partial charge in [0.1, 0.15) is 6.61 Å². The predicted octanol–water partition coefficient (Wildman–Crippen LogP) is 5.15. The van der Waals surface area contributed by atoms with E-state index in [1.54, 1.807) is 4.90 Å². The molecule has 1 saturated carbocycles. The van der Waals surface area contributed by atoms with Crippen molar-refractivity contribution < 1.29 is 28.2 Å². The molecule has 2 aromatic carbocycles. The van der Waals surface area contributed by atoms with Crippen molar-refractivity contribution in [1.82, 2.24) is 4.90 Å². The highest BCUT2D eigenvalue weighted by molar-refractivity contribution is 5.79. The van der Waals surface area contributed by atoms with Gasteiger partial charge < -0.3 is 14.7 Å². The number of hydrogen-bond acceptors (Lipinski definition) is 3. The van der Waals surface area contributed by atoms with Crippen molar-refractivity contribution in [2.24, 2.45) is 11.3 Å². The van der Waals surface area contributed by atoms with E-state index in [-0.39, 0.29) is 18.4 Å². The summed E-state index contributed by atoms with van der Waals surface area (Å²) in [6.07, 6.45) is -0.858. The van der Waals surface area contributed by atoms with Crippen molar-refractivity contribution in [3.05, 3.63) is 59.7 Å². The fraction of sp³-hybridized carbons (Fsp3) is 0.440. The van der Waals surface area contributed by atoms with Gasteiger partial charge in [0, 0.05) is 31.8 Å². The van der Waals surface area contributed by atoms with E-state index in [1.807, 2.05) is 24.3 Å². The van der Waals surface area contributed by atoms with Crippen molar-refractivity contribution in [3.8, 4) is 11.1 Å². The van der Waals surface area contributed by atoms with Crippen molar-refractivity contribution >= 4 is 12.1 Å². The number of ether oxygens (including phenoxy) is 1. The quantitative estimate of drug-likeness (QED) is 0.713. The second-order valence-corrected chi connectivity index (χ2v) is 9.24. The Kier molecular flexibility index (Phi) is 4.95. The smallest absolute Gasteiger partial charge is 0.409 e. The summed E-state index contributed by atoms with van der Waals surface area (Å²) in [7, 11) is 0. The number of fused-ring (bicyclic) bond motifs is 3. The molecule has 0 atom stereocenters. The van der Waals surface area contributed by atoms with Crippen LogP contribution < -0.4 is 0 Å². The van der Waals surface area contributed by atoms with Crippen LogP contribution in [0, 0.1) is 11.3 Å². The lowest BCUT2D eigenvalue weighted by Crippen LogP contribution is -2.57. The van der Waals surface area contributed by atoms with Crippen LogP contribution in [0.3, 0.4) is 0 Å². The normalized spacial score (nSPS) is 21.4. The SMILES string of the molecule is O=C(OCC1c2ccccc2-c2ccccc21)N1CCC(C2(C(=O)O)CC(F)(F)C2)CC1. The number of likely N-dealkylation sites (tertiary alicyclic amines) is 1. The van der Waals surface area contributed by atoms with E-state index in [0.717, 1.165) is 22.3 Å². The molecule has 3 aliphatic rings. The lowest BCUT2D eigenvalue weighted by Gasteiger charge is -2.50. The molecule has 0 radical (unpaired) electrons. The van der Waals surface area contributed by atoms with Gasteiger partial charge in [-0.15, -0.1) is 0 Å². The summed E-state index contributed by atoms with van der Waals surface area (Å²) in [4.78, 5) is 26.0. The molecular formula is C25H25F2NO4. The standard InChI is InChI=1S/C25H25F2NO4/c26-25(27)14-24(15-25,22(29)30)16-9-11-28(12-10-16)23(31)32-13-21-19-7-3-1-5-17(19)18-6-2-4-8-20(18)21/h1-8,16,21H,9-15H2,(H,29,30). The van der Waals surface area contributed by atoms with E-state index in [9.17, 15) is 23.5 Å². The van der Waals surface area contributed by atoms with E-state index < -0.39 is 36.2 Å². The Morgan fingerprint density at radius 2 is 1.50 bits per heavy atom. The molecular weight excluding hydrogens is 416 g/mol. The molecule has 2 aliphatic carbocycles. The van der Waals surface area contributed by atoms with E-state index in [4.69, 9.17) is 4.74 Å². The minimum atomic E-state index is -2.90. The zero-order chi connectivity index (χ0) is 22.5. The summed E-state index contributed by atoms with van der Waals surface area (Å²) in [6.45, 7) is 0.863. The second-order valence-electron chi connectivity index (χ2n) is 9.24. The molecule has 32 heavy (non-hydrogen) atoms. The first-order chi connectivity index (χ1) is 15.3. The molecule has 0 bridgehead atoms. The summed E-state index contributed by atoms with van der Waals surface area (Å²) in [5, 5.41) is 9.57. The Balaban J connectivity index is 1.21. The Hall–Kier alpha value is -2.96. The summed E-state index contributed by atoms with van der Waals surface area (Å²) < 4.78 is 32.6. The van der Waals surface area contributed by atoms with Crippen LogP contribution in [0.25, 0.3) is 11.1 Å². The molecule has 0 aromatic heterocycles. The van der Waals surface area contributed by atoms with Crippen molar-refractivity contribution in [2.45, 2.75) is 37.5 Å². The highest BCUT2D eigenvalue weighted by Gasteiger charge is 2.64. The van der Waals surface area contributed by atoms with Gasteiger partial charge in [-0.05, 0) is 41.0 Å². The number of piperidine rings is 1. The molecule has 2 fully saturated rings. The average Bonchev–Trinajstić information content (AvgIpc) is 3.09. The van der Waals surface area contributed by atoms with Crippen LogP contribution >= 0.6 is 0 Å². The van der Waals surface area contributed by atoms with Gasteiger partial charge in [0.15, 0.2) is 0 Å². The van der Waals surface area contributed by atoms with Gasteiger partial charge in [-0.3, -0.25) is 4.79 Å².